The van der Waals surface area contributed by atoms with Crippen molar-refractivity contribution in [3.63, 3.8) is 0 Å². The third-order valence-corrected chi connectivity index (χ3v) is 15.3. The Balaban J connectivity index is 2.84. The third-order valence-electron chi connectivity index (χ3n) is 15.3. The van der Waals surface area contributed by atoms with Gasteiger partial charge in [0.15, 0.2) is 0 Å². The minimum absolute atomic E-state index is 0.0526. The van der Waals surface area contributed by atoms with Gasteiger partial charge in [-0.1, -0.05) is 77.3 Å². The summed E-state index contributed by atoms with van der Waals surface area (Å²) < 4.78 is 0. The van der Waals surface area contributed by atoms with Crippen molar-refractivity contribution in [1.82, 2.24) is 85.1 Å². The maximum atomic E-state index is 14.8. The number of nitrogens with one attached hydrogen (secondary N) is 16. The molecule has 1 aromatic carbocycles. The molecule has 1 aliphatic heterocycles. The van der Waals surface area contributed by atoms with Crippen molar-refractivity contribution < 1.29 is 86.9 Å². The summed E-state index contributed by atoms with van der Waals surface area (Å²) in [5.41, 5.74) is 0.504. The molecular weight excluding hydrogens is 1240 g/mol. The van der Waals surface area contributed by atoms with E-state index in [4.69, 9.17) is 0 Å². The Morgan fingerprint density at radius 3 is 1.48 bits per heavy atom. The van der Waals surface area contributed by atoms with Crippen LogP contribution in [-0.2, 0) is 83.1 Å². The van der Waals surface area contributed by atoms with Crippen LogP contribution in [0.1, 0.15) is 124 Å². The summed E-state index contributed by atoms with van der Waals surface area (Å²) in [6.07, 6.45) is -1.09. The molecule has 0 aromatic heterocycles. The van der Waals surface area contributed by atoms with E-state index in [0.29, 0.717) is 43.5 Å². The van der Waals surface area contributed by atoms with E-state index in [0.717, 1.165) is 33.1 Å². The van der Waals surface area contributed by atoms with Crippen molar-refractivity contribution >= 4 is 97.0 Å². The van der Waals surface area contributed by atoms with E-state index in [9.17, 15) is 86.9 Å². The highest BCUT2D eigenvalue weighted by molar-refractivity contribution is 5.99. The van der Waals surface area contributed by atoms with Crippen LogP contribution in [0, 0.1) is 11.8 Å². The standard InChI is InChI=1S/C61H98N16O18/c1-7-37(4)13-11-12-16-49(85)68-41(17-23-62-31-78)56(90)77-51(39(6)84)61(95)73-44(20-26-65-34-81)53(87)71-46-22-28-67-60(94)50(38(5)83)76-57(91)45(21-27-66-35-82)70-52(86)42(18-24-63-32-79)72-58(92)47(29-36(2)3)74-59(93)48(30-40-14-9-8-10-15-40)75-55(89)43(69-54(46)88)19-25-64-33-80/h8-10,14-15,31-39,41-48,50-51,83-84H,7,11-13,16-30H2,1-6H3,(H,62,78)(H,63,79)(H,64,80)(H,65,81)(H,66,82)(H,67,94)(H,68,85)(H,69,88)(H,70,86)(H,71,87)(H,72,92)(H,73,95)(H,74,93)(H,75,89)(H,76,91)(H,77,90)/t37?,38-,39-,41+,42+,43+,44+,45+,46+,47+,48-,50+,51+/m1/s1. The molecule has 1 saturated heterocycles. The zero-order valence-electron chi connectivity index (χ0n) is 54.7. The molecule has 1 unspecified atom stereocenters. The van der Waals surface area contributed by atoms with Gasteiger partial charge in [-0.25, -0.2) is 0 Å². The number of hydrogen-bond acceptors (Lipinski definition) is 18. The Bertz CT molecular complexity index is 2670. The molecule has 34 nitrogen and oxygen atoms in total. The maximum Gasteiger partial charge on any atom is 0.245 e. The predicted molar refractivity (Wildman–Crippen MR) is 341 cm³/mol. The topological polar surface area (TPSA) is 506 Å². The van der Waals surface area contributed by atoms with Crippen LogP contribution in [0.5, 0.6) is 0 Å². The Morgan fingerprint density at radius 1 is 0.526 bits per heavy atom. The first-order valence-corrected chi connectivity index (χ1v) is 31.9. The van der Waals surface area contributed by atoms with E-state index in [1.165, 1.54) is 0 Å². The molecule has 0 bridgehead atoms. The Morgan fingerprint density at radius 2 is 0.989 bits per heavy atom. The van der Waals surface area contributed by atoms with Gasteiger partial charge < -0.3 is 95.3 Å². The first-order valence-electron chi connectivity index (χ1n) is 31.9. The lowest BCUT2D eigenvalue weighted by Crippen LogP contribution is -2.62. The number of carbonyl (C=O) groups is 16. The number of amides is 16. The smallest absolute Gasteiger partial charge is 0.245 e. The van der Waals surface area contributed by atoms with Crippen LogP contribution in [0.4, 0.5) is 0 Å². The summed E-state index contributed by atoms with van der Waals surface area (Å²) in [7, 11) is 0. The van der Waals surface area contributed by atoms with Crippen LogP contribution in [-0.4, -0.2) is 219 Å². The van der Waals surface area contributed by atoms with Crippen LogP contribution in [0.3, 0.4) is 0 Å². The highest BCUT2D eigenvalue weighted by atomic mass is 16.3. The van der Waals surface area contributed by atoms with Crippen molar-refractivity contribution in [2.45, 2.75) is 198 Å². The summed E-state index contributed by atoms with van der Waals surface area (Å²) in [6, 6.07) is -8.05. The summed E-state index contributed by atoms with van der Waals surface area (Å²) in [5, 5.41) is 61.3. The molecule has 34 heteroatoms. The number of hydrogen-bond donors (Lipinski definition) is 18. The number of rotatable bonds is 39. The van der Waals surface area contributed by atoms with Crippen LogP contribution in [0.2, 0.25) is 0 Å². The Labute approximate surface area is 551 Å². The lowest BCUT2D eigenvalue weighted by Gasteiger charge is -2.29. The molecule has 1 aromatic rings. The number of carbonyl (C=O) groups excluding carboxylic acids is 16. The zero-order chi connectivity index (χ0) is 70.8. The van der Waals surface area contributed by atoms with Crippen LogP contribution < -0.4 is 85.1 Å². The molecule has 13 atom stereocenters. The largest absolute Gasteiger partial charge is 0.391 e. The van der Waals surface area contributed by atoms with Crippen molar-refractivity contribution in [1.29, 1.82) is 0 Å². The highest BCUT2D eigenvalue weighted by Crippen LogP contribution is 2.14. The second-order valence-electron chi connectivity index (χ2n) is 23.5. The molecule has 0 spiro atoms. The molecule has 530 valence electrons. The van der Waals surface area contributed by atoms with Crippen LogP contribution in [0.15, 0.2) is 30.3 Å². The van der Waals surface area contributed by atoms with Gasteiger partial charge in [-0.2, -0.15) is 0 Å². The average Bonchev–Trinajstić information content (AvgIpc) is 1.12. The zero-order valence-corrected chi connectivity index (χ0v) is 54.7. The number of unbranched alkanes of at least 4 members (excludes halogenated alkanes) is 1. The summed E-state index contributed by atoms with van der Waals surface area (Å²) in [5.74, 6) is -10.9. The minimum Gasteiger partial charge on any atom is -0.391 e. The van der Waals surface area contributed by atoms with Gasteiger partial charge >= 0.3 is 0 Å². The van der Waals surface area contributed by atoms with E-state index >= 15 is 0 Å². The fourth-order valence-corrected chi connectivity index (χ4v) is 9.72. The second kappa shape index (κ2) is 45.9. The maximum absolute atomic E-state index is 14.8. The fraction of sp³-hybridized carbons (Fsp3) is 0.639. The number of benzene rings is 1. The van der Waals surface area contributed by atoms with Crippen molar-refractivity contribution in [2.75, 3.05) is 39.3 Å². The lowest BCUT2D eigenvalue weighted by atomic mass is 10.00. The predicted octanol–water partition coefficient (Wildman–Crippen LogP) is -6.31. The van der Waals surface area contributed by atoms with Crippen LogP contribution >= 0.6 is 0 Å². The molecule has 2 rings (SSSR count). The highest BCUT2D eigenvalue weighted by Gasteiger charge is 2.38. The average molecular weight is 1340 g/mol. The molecule has 1 heterocycles. The van der Waals surface area contributed by atoms with E-state index in [-0.39, 0.29) is 90.0 Å². The van der Waals surface area contributed by atoms with Gasteiger partial charge in [0.05, 0.1) is 12.2 Å². The van der Waals surface area contributed by atoms with Gasteiger partial charge in [0.1, 0.15) is 60.4 Å². The summed E-state index contributed by atoms with van der Waals surface area (Å²) in [4.78, 5) is 213. The number of aliphatic hydroxyl groups excluding tert-OH is 2. The molecular formula is C61H98N16O18. The molecule has 0 aliphatic carbocycles. The van der Waals surface area contributed by atoms with Gasteiger partial charge in [0, 0.05) is 52.1 Å². The molecule has 1 aliphatic rings. The minimum atomic E-state index is -1.84. The van der Waals surface area contributed by atoms with Crippen LogP contribution in [0.25, 0.3) is 0 Å². The molecule has 16 amide bonds. The third kappa shape index (κ3) is 31.9. The molecule has 0 radical (unpaired) electrons. The van der Waals surface area contributed by atoms with E-state index in [2.05, 4.69) is 92.0 Å². The first kappa shape index (κ1) is 81.8. The number of aliphatic hydroxyl groups is 2. The monoisotopic (exact) mass is 1340 g/mol. The fourth-order valence-electron chi connectivity index (χ4n) is 9.72. The Hall–Kier alpha value is -9.34. The molecule has 1 fully saturated rings. The quantitative estimate of drug-likeness (QED) is 0.0215. The summed E-state index contributed by atoms with van der Waals surface area (Å²) in [6.45, 7) is 8.16. The lowest BCUT2D eigenvalue weighted by molar-refractivity contribution is -0.137. The second-order valence-corrected chi connectivity index (χ2v) is 23.5. The van der Waals surface area contributed by atoms with E-state index < -0.39 is 157 Å². The van der Waals surface area contributed by atoms with E-state index in [1.807, 2.05) is 6.92 Å². The van der Waals surface area contributed by atoms with Gasteiger partial charge in [-0.15, -0.1) is 0 Å². The molecule has 18 N–H and O–H groups in total. The SMILES string of the molecule is CCC(C)CCCCC(=O)N[C@@H](CCNC=O)C(=O)N[C@H](C(=O)N[C@@H](CCNC=O)C(=O)N[C@H]1CCNC(=O)[C@H]([C@@H](C)O)NC(=O)[C@H](CCNC=O)NC(=O)[C@H](CCNC=O)NC(=O)[C@H](CC(C)C)NC(=O)[C@@H](Cc2ccccc2)NC(=O)[C@H](CCNC=O)NC1=O)[C@@H](C)O. The van der Waals surface area contributed by atoms with Gasteiger partial charge in [0.2, 0.25) is 97.0 Å². The van der Waals surface area contributed by atoms with Gasteiger partial charge in [-0.3, -0.25) is 76.7 Å². The van der Waals surface area contributed by atoms with Crippen molar-refractivity contribution in [2.24, 2.45) is 11.8 Å². The summed E-state index contributed by atoms with van der Waals surface area (Å²) >= 11 is 0. The van der Waals surface area contributed by atoms with Gasteiger partial charge in [0.25, 0.3) is 0 Å². The van der Waals surface area contributed by atoms with Crippen molar-refractivity contribution in [3.05, 3.63) is 35.9 Å². The normalized spacial score (nSPS) is 21.3. The van der Waals surface area contributed by atoms with Crippen molar-refractivity contribution in [3.8, 4) is 0 Å². The van der Waals surface area contributed by atoms with E-state index in [1.54, 1.807) is 44.2 Å². The Kier molecular flexibility index (Phi) is 39.5. The molecule has 95 heavy (non-hydrogen) atoms. The van der Waals surface area contributed by atoms with Gasteiger partial charge in [-0.05, 0) is 82.6 Å². The molecule has 0 saturated carbocycles. The first-order chi connectivity index (χ1) is 45.3.